The lowest BCUT2D eigenvalue weighted by molar-refractivity contribution is -0.120. The summed E-state index contributed by atoms with van der Waals surface area (Å²) in [5.74, 6) is -1.23. The van der Waals surface area contributed by atoms with Crippen molar-refractivity contribution in [1.82, 2.24) is 14.7 Å². The van der Waals surface area contributed by atoms with Crippen molar-refractivity contribution in [3.63, 3.8) is 0 Å². The van der Waals surface area contributed by atoms with Gasteiger partial charge in [-0.25, -0.2) is 21.9 Å². The van der Waals surface area contributed by atoms with Crippen molar-refractivity contribution in [3.05, 3.63) is 89.2 Å². The molecule has 1 atom stereocenters. The molecule has 3 aliphatic rings. The number of piperidine rings is 1. The van der Waals surface area contributed by atoms with E-state index in [0.29, 0.717) is 35.8 Å². The van der Waals surface area contributed by atoms with Gasteiger partial charge in [-0.1, -0.05) is 18.2 Å². The summed E-state index contributed by atoms with van der Waals surface area (Å²) in [7, 11) is -2.26. The number of piperazine rings is 1. The Morgan fingerprint density at radius 1 is 1.02 bits per heavy atom. The van der Waals surface area contributed by atoms with Crippen molar-refractivity contribution in [1.29, 1.82) is 5.26 Å². The minimum Gasteiger partial charge on any atom is -0.493 e. The molecule has 0 aromatic heterocycles. The molecule has 0 radical (unpaired) electrons. The molecule has 0 spiro atoms. The van der Waals surface area contributed by atoms with Crippen LogP contribution in [0.15, 0.2) is 71.6 Å². The molecule has 3 aromatic rings. The molecule has 0 aliphatic carbocycles. The van der Waals surface area contributed by atoms with E-state index in [1.54, 1.807) is 31.2 Å². The predicted molar refractivity (Wildman–Crippen MR) is 176 cm³/mol. The Hall–Kier alpha value is -4.55. The number of hydrogen-bond donors (Lipinski definition) is 2. The van der Waals surface area contributed by atoms with Crippen molar-refractivity contribution in [3.8, 4) is 11.8 Å². The maximum atomic E-state index is 13.7. The van der Waals surface area contributed by atoms with E-state index >= 15 is 0 Å². The Balaban J connectivity index is 0.000000236. The highest BCUT2D eigenvalue weighted by Gasteiger charge is 2.55. The van der Waals surface area contributed by atoms with Gasteiger partial charge in [-0.3, -0.25) is 9.69 Å². The quantitative estimate of drug-likeness (QED) is 0.396. The Labute approximate surface area is 279 Å². The summed E-state index contributed by atoms with van der Waals surface area (Å²) in [6, 6.07) is 17.5. The molecular weight excluding hydrogens is 639 g/mol. The molecule has 254 valence electrons. The second kappa shape index (κ2) is 14.3. The number of sulfonamides is 1. The van der Waals surface area contributed by atoms with Gasteiger partial charge in [0.15, 0.2) is 5.54 Å². The second-order valence-electron chi connectivity index (χ2n) is 11.9. The van der Waals surface area contributed by atoms with E-state index in [1.807, 2.05) is 6.07 Å². The third-order valence-corrected chi connectivity index (χ3v) is 10.8. The van der Waals surface area contributed by atoms with Crippen LogP contribution in [0.1, 0.15) is 36.5 Å². The number of carbonyl (C=O) groups excluding carboxylic acids is 1. The molecule has 14 heteroatoms. The van der Waals surface area contributed by atoms with E-state index < -0.39 is 33.4 Å². The van der Waals surface area contributed by atoms with Gasteiger partial charge in [0.1, 0.15) is 11.6 Å². The zero-order valence-corrected chi connectivity index (χ0v) is 27.7. The summed E-state index contributed by atoms with van der Waals surface area (Å²) in [5, 5.41) is 18.2. The number of anilines is 1. The molecule has 6 rings (SSSR count). The molecule has 0 bridgehead atoms. The Morgan fingerprint density at radius 2 is 1.67 bits per heavy atom. The minimum absolute atomic E-state index is 0.0205. The molecule has 3 aliphatic heterocycles. The SMILES string of the molecule is CCOc1ccccc1C1(N)C(=O)N(S(=O)(=O)c2ccc(F)cc2)c2ccc(C#N)cc21.CN1CCC(N2CCN(C(=O)O)CC2)CC1. The number of hydrogen-bond acceptors (Lipinski definition) is 9. The van der Waals surface area contributed by atoms with Crippen LogP contribution >= 0.6 is 0 Å². The van der Waals surface area contributed by atoms with Gasteiger partial charge in [0.2, 0.25) is 0 Å². The van der Waals surface area contributed by atoms with Crippen LogP contribution in [0.4, 0.5) is 14.9 Å². The molecule has 2 saturated heterocycles. The molecule has 0 saturated carbocycles. The van der Waals surface area contributed by atoms with Crippen LogP contribution in [-0.2, 0) is 20.4 Å². The number of amides is 2. The average Bonchev–Trinajstić information content (AvgIpc) is 3.32. The number of ether oxygens (including phenoxy) is 1. The Bertz CT molecular complexity index is 1800. The highest BCUT2D eigenvalue weighted by atomic mass is 32.2. The highest BCUT2D eigenvalue weighted by molar-refractivity contribution is 7.93. The fourth-order valence-electron chi connectivity index (χ4n) is 6.41. The van der Waals surface area contributed by atoms with Crippen molar-refractivity contribution >= 4 is 27.7 Å². The van der Waals surface area contributed by atoms with Gasteiger partial charge < -0.3 is 25.4 Å². The minimum atomic E-state index is -4.43. The molecule has 3 N–H and O–H groups in total. The Morgan fingerprint density at radius 3 is 2.27 bits per heavy atom. The summed E-state index contributed by atoms with van der Waals surface area (Å²) < 4.78 is 46.5. The van der Waals surface area contributed by atoms with E-state index in [4.69, 9.17) is 15.6 Å². The maximum Gasteiger partial charge on any atom is 0.407 e. The number of halogens is 1. The smallest absolute Gasteiger partial charge is 0.407 e. The fraction of sp³-hybridized carbons (Fsp3) is 0.382. The topological polar surface area (TPSA) is 161 Å². The summed E-state index contributed by atoms with van der Waals surface area (Å²) in [6.07, 6.45) is 1.68. The number of para-hydroxylation sites is 1. The van der Waals surface area contributed by atoms with Gasteiger partial charge in [-0.15, -0.1) is 0 Å². The first kappa shape index (κ1) is 34.8. The number of benzene rings is 3. The summed E-state index contributed by atoms with van der Waals surface area (Å²) in [4.78, 5) is 30.6. The van der Waals surface area contributed by atoms with Crippen molar-refractivity contribution in [2.75, 3.05) is 57.2 Å². The molecule has 3 heterocycles. The van der Waals surface area contributed by atoms with Gasteiger partial charge in [-0.05, 0) is 88.4 Å². The van der Waals surface area contributed by atoms with Crippen LogP contribution < -0.4 is 14.8 Å². The molecule has 1 unspecified atom stereocenters. The van der Waals surface area contributed by atoms with Crippen LogP contribution in [0.2, 0.25) is 0 Å². The summed E-state index contributed by atoms with van der Waals surface area (Å²) in [6.45, 7) is 7.55. The monoisotopic (exact) mass is 678 g/mol. The molecule has 12 nitrogen and oxygen atoms in total. The van der Waals surface area contributed by atoms with Crippen LogP contribution in [0.3, 0.4) is 0 Å². The van der Waals surface area contributed by atoms with Crippen LogP contribution in [0, 0.1) is 17.1 Å². The normalized spacial score (nSPS) is 20.4. The van der Waals surface area contributed by atoms with Gasteiger partial charge in [-0.2, -0.15) is 5.26 Å². The van der Waals surface area contributed by atoms with E-state index in [1.165, 1.54) is 49.0 Å². The lowest BCUT2D eigenvalue weighted by atomic mass is 9.83. The van der Waals surface area contributed by atoms with E-state index in [0.717, 1.165) is 37.4 Å². The molecule has 3 aromatic carbocycles. The second-order valence-corrected chi connectivity index (χ2v) is 13.7. The first-order valence-corrected chi connectivity index (χ1v) is 17.2. The third-order valence-electron chi connectivity index (χ3n) is 9.04. The first-order valence-electron chi connectivity index (χ1n) is 15.7. The molecule has 48 heavy (non-hydrogen) atoms. The van der Waals surface area contributed by atoms with Gasteiger partial charge in [0.25, 0.3) is 15.9 Å². The maximum absolute atomic E-state index is 13.7. The number of nitriles is 1. The summed E-state index contributed by atoms with van der Waals surface area (Å²) >= 11 is 0. The number of likely N-dealkylation sites (tertiary alicyclic amines) is 1. The molecular formula is C34H39FN6O6S. The largest absolute Gasteiger partial charge is 0.493 e. The predicted octanol–water partition coefficient (Wildman–Crippen LogP) is 3.41. The average molecular weight is 679 g/mol. The van der Waals surface area contributed by atoms with Crippen molar-refractivity contribution < 1.29 is 32.2 Å². The van der Waals surface area contributed by atoms with Crippen molar-refractivity contribution in [2.24, 2.45) is 5.73 Å². The molecule has 2 amide bonds. The third kappa shape index (κ3) is 6.72. The van der Waals surface area contributed by atoms with Gasteiger partial charge in [0, 0.05) is 43.3 Å². The molecule has 2 fully saturated rings. The van der Waals surface area contributed by atoms with Gasteiger partial charge in [0.05, 0.1) is 28.8 Å². The summed E-state index contributed by atoms with van der Waals surface area (Å²) in [5.41, 5.74) is 5.39. The standard InChI is InChI=1S/C23H18FN3O4S.C11H21N3O2/c1-2-31-21-6-4-3-5-18(21)23(26)19-13-15(14-25)7-12-20(19)27(22(23)28)32(29,30)17-10-8-16(24)9-11-17;1-12-4-2-10(3-5-12)13-6-8-14(9-7-13)11(15)16/h3-13H,2,26H2,1H3;10H,2-9H2,1H3,(H,15,16). The van der Waals surface area contributed by atoms with E-state index in [9.17, 15) is 27.7 Å². The highest BCUT2D eigenvalue weighted by Crippen LogP contribution is 2.47. The van der Waals surface area contributed by atoms with Crippen LogP contribution in [0.25, 0.3) is 0 Å². The van der Waals surface area contributed by atoms with Crippen molar-refractivity contribution in [2.45, 2.75) is 36.2 Å². The van der Waals surface area contributed by atoms with Crippen LogP contribution in [0.5, 0.6) is 5.75 Å². The number of carbonyl (C=O) groups is 2. The van der Waals surface area contributed by atoms with E-state index in [-0.39, 0.29) is 27.3 Å². The fourth-order valence-corrected chi connectivity index (χ4v) is 7.88. The number of fused-ring (bicyclic) bond motifs is 1. The number of nitrogens with two attached hydrogens (primary N) is 1. The number of nitrogens with zero attached hydrogens (tertiary/aromatic N) is 5. The lowest BCUT2D eigenvalue weighted by Gasteiger charge is -2.41. The first-order chi connectivity index (χ1) is 22.9. The zero-order chi connectivity index (χ0) is 34.6. The van der Waals surface area contributed by atoms with Crippen LogP contribution in [-0.4, -0.2) is 99.2 Å². The van der Waals surface area contributed by atoms with E-state index in [2.05, 4.69) is 16.8 Å². The lowest BCUT2D eigenvalue weighted by Crippen LogP contribution is -2.53. The number of rotatable bonds is 6. The van der Waals surface area contributed by atoms with Gasteiger partial charge >= 0.3 is 6.09 Å². The zero-order valence-electron chi connectivity index (χ0n) is 26.9. The Kier molecular flexibility index (Phi) is 10.4. The number of carboxylic acid groups (broad SMARTS) is 1.